The number of benzene rings is 1. The molecule has 4 heteroatoms. The van der Waals surface area contributed by atoms with E-state index in [1.165, 1.54) is 0 Å². The minimum atomic E-state index is -0.731. The lowest BCUT2D eigenvalue weighted by Crippen LogP contribution is -2.25. The first kappa shape index (κ1) is 10.2. The van der Waals surface area contributed by atoms with Gasteiger partial charge in [0.2, 0.25) is 0 Å². The summed E-state index contributed by atoms with van der Waals surface area (Å²) >= 11 is 0. The maximum Gasteiger partial charge on any atom is 0.306 e. The molecule has 0 fully saturated rings. The fraction of sp³-hybridized carbons (Fsp3) is 0.308. The van der Waals surface area contributed by atoms with Crippen LogP contribution in [0.4, 0.5) is 0 Å². The number of hydrogen-bond acceptors (Lipinski definition) is 2. The maximum atomic E-state index is 11.0. The Kier molecular flexibility index (Phi) is 2.11. The molecule has 4 nitrogen and oxygen atoms in total. The van der Waals surface area contributed by atoms with Crippen molar-refractivity contribution in [2.75, 3.05) is 0 Å². The Hall–Kier alpha value is -1.97. The lowest BCUT2D eigenvalue weighted by Gasteiger charge is -2.21. The first-order valence-corrected chi connectivity index (χ1v) is 5.69. The first-order chi connectivity index (χ1) is 8.16. The van der Waals surface area contributed by atoms with Crippen LogP contribution in [0.5, 0.6) is 5.75 Å². The third-order valence-corrected chi connectivity index (χ3v) is 3.49. The van der Waals surface area contributed by atoms with E-state index in [1.54, 1.807) is 12.1 Å². The number of carbonyl (C=O) groups is 1. The van der Waals surface area contributed by atoms with Gasteiger partial charge in [-0.3, -0.25) is 4.79 Å². The topological polar surface area (TPSA) is 62.5 Å². The van der Waals surface area contributed by atoms with Crippen molar-refractivity contribution in [3.8, 4) is 5.75 Å². The standard InChI is InChI=1S/C13H13NO3/c15-11-3-1-2-8-6-10-7-9(13(16)17)4-5-14(10)12(8)11/h1-3,6,9,15H,4-5,7H2,(H,16,17). The summed E-state index contributed by atoms with van der Waals surface area (Å²) in [6.07, 6.45) is 1.17. The van der Waals surface area contributed by atoms with Gasteiger partial charge in [0.05, 0.1) is 11.4 Å². The zero-order valence-corrected chi connectivity index (χ0v) is 9.26. The summed E-state index contributed by atoms with van der Waals surface area (Å²) in [5.41, 5.74) is 1.83. The third-order valence-electron chi connectivity index (χ3n) is 3.49. The number of phenols is 1. The Labute approximate surface area is 98.1 Å². The summed E-state index contributed by atoms with van der Waals surface area (Å²) in [6, 6.07) is 7.39. The number of carboxylic acid groups (broad SMARTS) is 1. The van der Waals surface area contributed by atoms with Gasteiger partial charge < -0.3 is 14.8 Å². The van der Waals surface area contributed by atoms with Gasteiger partial charge in [-0.15, -0.1) is 0 Å². The van der Waals surface area contributed by atoms with E-state index < -0.39 is 5.97 Å². The Morgan fingerprint density at radius 2 is 2.24 bits per heavy atom. The van der Waals surface area contributed by atoms with Gasteiger partial charge in [0.25, 0.3) is 0 Å². The number of aryl methyl sites for hydroxylation is 1. The molecule has 0 radical (unpaired) electrons. The molecule has 1 aromatic heterocycles. The van der Waals surface area contributed by atoms with Crippen LogP contribution in [-0.4, -0.2) is 20.7 Å². The van der Waals surface area contributed by atoms with E-state index in [0.717, 1.165) is 16.6 Å². The number of fused-ring (bicyclic) bond motifs is 3. The highest BCUT2D eigenvalue weighted by Crippen LogP contribution is 2.32. The van der Waals surface area contributed by atoms with Gasteiger partial charge in [-0.2, -0.15) is 0 Å². The van der Waals surface area contributed by atoms with Crippen LogP contribution in [0.1, 0.15) is 12.1 Å². The lowest BCUT2D eigenvalue weighted by molar-refractivity contribution is -0.142. The number of nitrogens with zero attached hydrogens (tertiary/aromatic N) is 1. The average molecular weight is 231 g/mol. The number of hydrogen-bond donors (Lipinski definition) is 2. The zero-order valence-electron chi connectivity index (χ0n) is 9.26. The van der Waals surface area contributed by atoms with E-state index in [1.807, 2.05) is 16.7 Å². The normalized spacial score (nSPS) is 19.2. The van der Waals surface area contributed by atoms with Gasteiger partial charge >= 0.3 is 5.97 Å². The van der Waals surface area contributed by atoms with Crippen molar-refractivity contribution in [1.29, 1.82) is 0 Å². The minimum Gasteiger partial charge on any atom is -0.506 e. The predicted molar refractivity (Wildman–Crippen MR) is 63.0 cm³/mol. The van der Waals surface area contributed by atoms with Crippen molar-refractivity contribution in [2.45, 2.75) is 19.4 Å². The fourth-order valence-electron chi connectivity index (χ4n) is 2.64. The van der Waals surface area contributed by atoms with Crippen LogP contribution in [0.25, 0.3) is 10.9 Å². The number of aromatic hydroxyl groups is 1. The molecule has 88 valence electrons. The molecular weight excluding hydrogens is 218 g/mol. The largest absolute Gasteiger partial charge is 0.506 e. The lowest BCUT2D eigenvalue weighted by atomic mass is 9.96. The minimum absolute atomic E-state index is 0.266. The molecule has 0 amide bonds. The summed E-state index contributed by atoms with van der Waals surface area (Å²) in [5, 5.41) is 19.9. The highest BCUT2D eigenvalue weighted by molar-refractivity contribution is 5.87. The number of aromatic nitrogens is 1. The van der Waals surface area contributed by atoms with E-state index in [4.69, 9.17) is 5.11 Å². The van der Waals surface area contributed by atoms with E-state index >= 15 is 0 Å². The number of phenolic OH excluding ortho intramolecular Hbond substituents is 1. The Morgan fingerprint density at radius 3 is 3.00 bits per heavy atom. The molecule has 2 heterocycles. The van der Waals surface area contributed by atoms with Crippen molar-refractivity contribution in [3.63, 3.8) is 0 Å². The summed E-state index contributed by atoms with van der Waals surface area (Å²) in [7, 11) is 0. The smallest absolute Gasteiger partial charge is 0.306 e. The molecule has 0 aliphatic carbocycles. The molecule has 2 N–H and O–H groups in total. The van der Waals surface area contributed by atoms with Crippen molar-refractivity contribution < 1.29 is 15.0 Å². The molecule has 1 aliphatic rings. The number of rotatable bonds is 1. The van der Waals surface area contributed by atoms with E-state index in [2.05, 4.69) is 0 Å². The average Bonchev–Trinajstić information content (AvgIpc) is 2.67. The molecule has 1 aromatic carbocycles. The third kappa shape index (κ3) is 1.48. The number of para-hydroxylation sites is 1. The second kappa shape index (κ2) is 3.52. The van der Waals surface area contributed by atoms with Crippen molar-refractivity contribution in [1.82, 2.24) is 4.57 Å². The maximum absolute atomic E-state index is 11.0. The Balaban J connectivity index is 2.14. The monoisotopic (exact) mass is 231 g/mol. The Morgan fingerprint density at radius 1 is 1.41 bits per heavy atom. The van der Waals surface area contributed by atoms with Gasteiger partial charge in [-0.25, -0.2) is 0 Å². The first-order valence-electron chi connectivity index (χ1n) is 5.69. The summed E-state index contributed by atoms with van der Waals surface area (Å²) in [5.74, 6) is -0.762. The highest BCUT2D eigenvalue weighted by Gasteiger charge is 2.26. The van der Waals surface area contributed by atoms with Gasteiger partial charge in [0.1, 0.15) is 5.75 Å². The molecule has 0 saturated carbocycles. The van der Waals surface area contributed by atoms with Gasteiger partial charge in [-0.05, 0) is 18.6 Å². The van der Waals surface area contributed by atoms with Gasteiger partial charge in [-0.1, -0.05) is 12.1 Å². The summed E-state index contributed by atoms with van der Waals surface area (Å²) in [4.78, 5) is 11.0. The second-order valence-electron chi connectivity index (χ2n) is 4.53. The van der Waals surface area contributed by atoms with Crippen LogP contribution < -0.4 is 0 Å². The molecule has 0 saturated heterocycles. The molecule has 1 unspecified atom stereocenters. The predicted octanol–water partition coefficient (Wildman–Crippen LogP) is 1.99. The highest BCUT2D eigenvalue weighted by atomic mass is 16.4. The second-order valence-corrected chi connectivity index (χ2v) is 4.53. The van der Waals surface area contributed by atoms with Crippen LogP contribution in [0.3, 0.4) is 0 Å². The van der Waals surface area contributed by atoms with Crippen LogP contribution in [-0.2, 0) is 17.8 Å². The SMILES string of the molecule is O=C(O)C1CCn2c(cc3cccc(O)c32)C1. The van der Waals surface area contributed by atoms with Crippen molar-refractivity contribution >= 4 is 16.9 Å². The quantitative estimate of drug-likeness (QED) is 0.789. The molecular formula is C13H13NO3. The molecule has 3 rings (SSSR count). The molecule has 1 aliphatic heterocycles. The van der Waals surface area contributed by atoms with E-state index in [0.29, 0.717) is 19.4 Å². The fourth-order valence-corrected chi connectivity index (χ4v) is 2.64. The Bertz CT molecular complexity index is 600. The van der Waals surface area contributed by atoms with Gasteiger partial charge in [0.15, 0.2) is 0 Å². The van der Waals surface area contributed by atoms with E-state index in [9.17, 15) is 9.90 Å². The molecule has 0 spiro atoms. The summed E-state index contributed by atoms with van der Waals surface area (Å²) in [6.45, 7) is 0.660. The van der Waals surface area contributed by atoms with Crippen LogP contribution in [0.15, 0.2) is 24.3 Å². The van der Waals surface area contributed by atoms with Crippen molar-refractivity contribution in [3.05, 3.63) is 30.0 Å². The molecule has 0 bridgehead atoms. The van der Waals surface area contributed by atoms with Crippen LogP contribution >= 0.6 is 0 Å². The number of aliphatic carboxylic acids is 1. The van der Waals surface area contributed by atoms with Crippen LogP contribution in [0, 0.1) is 5.92 Å². The van der Waals surface area contributed by atoms with Crippen LogP contribution in [0.2, 0.25) is 0 Å². The zero-order chi connectivity index (χ0) is 12.0. The molecule has 17 heavy (non-hydrogen) atoms. The van der Waals surface area contributed by atoms with Gasteiger partial charge in [0, 0.05) is 24.0 Å². The summed E-state index contributed by atoms with van der Waals surface area (Å²) < 4.78 is 2.03. The molecule has 2 aromatic rings. The van der Waals surface area contributed by atoms with E-state index in [-0.39, 0.29) is 11.7 Å². The number of carboxylic acids is 1. The molecule has 1 atom stereocenters. The van der Waals surface area contributed by atoms with Crippen molar-refractivity contribution in [2.24, 2.45) is 5.92 Å².